The Morgan fingerprint density at radius 3 is 2.72 bits per heavy atom. The molecule has 204 valence electrons. The minimum Gasteiger partial charge on any atom is -0.432 e. The van der Waals surface area contributed by atoms with Crippen molar-refractivity contribution in [3.8, 4) is 5.69 Å². The number of aliphatic hydroxyl groups is 1. The predicted molar refractivity (Wildman–Crippen MR) is 147 cm³/mol. The number of fused-ring (bicyclic) bond motifs is 3. The zero-order valence-electron chi connectivity index (χ0n) is 22.1. The number of hydrogen-bond acceptors (Lipinski definition) is 7. The number of carbonyl (C=O) groups excluding carboxylic acids is 1. The Bertz CT molecular complexity index is 1620. The van der Waals surface area contributed by atoms with Crippen molar-refractivity contribution in [3.63, 3.8) is 0 Å². The minimum atomic E-state index is -2.79. The number of aromatic nitrogens is 5. The van der Waals surface area contributed by atoms with Gasteiger partial charge in [0.2, 0.25) is 0 Å². The fourth-order valence-corrected chi connectivity index (χ4v) is 9.07. The maximum Gasteiger partial charge on any atom is 0.279 e. The Balaban J connectivity index is 1.38. The predicted octanol–water partition coefficient (Wildman–Crippen LogP) is 2.29. The molecule has 2 aliphatic rings. The van der Waals surface area contributed by atoms with E-state index in [2.05, 4.69) is 20.7 Å². The number of aliphatic hydroxyl groups excluding tert-OH is 1. The molecule has 6 rings (SSSR count). The van der Waals surface area contributed by atoms with E-state index in [1.54, 1.807) is 29.1 Å². The number of benzene rings is 2. The number of rotatable bonds is 7. The van der Waals surface area contributed by atoms with Gasteiger partial charge < -0.3 is 20.0 Å². The molecule has 39 heavy (non-hydrogen) atoms. The van der Waals surface area contributed by atoms with Gasteiger partial charge in [0.25, 0.3) is 11.5 Å². The molecule has 4 atom stereocenters. The van der Waals surface area contributed by atoms with Gasteiger partial charge in [-0.15, -0.1) is 5.10 Å². The molecule has 12 heteroatoms. The number of ether oxygens (including phenoxy) is 1. The lowest BCUT2D eigenvalue weighted by molar-refractivity contribution is -0.143. The third kappa shape index (κ3) is 4.06. The van der Waals surface area contributed by atoms with Crippen molar-refractivity contribution in [1.82, 2.24) is 24.8 Å². The zero-order valence-corrected chi connectivity index (χ0v) is 23.1. The maximum absolute atomic E-state index is 13.7. The van der Waals surface area contributed by atoms with Gasteiger partial charge in [-0.25, -0.2) is 4.68 Å². The number of nitrogens with one attached hydrogen (secondary N) is 2. The van der Waals surface area contributed by atoms with Crippen molar-refractivity contribution >= 4 is 30.8 Å². The summed E-state index contributed by atoms with van der Waals surface area (Å²) in [7, 11) is -2.79. The molecule has 0 radical (unpaired) electrons. The molecule has 11 nitrogen and oxygen atoms in total. The van der Waals surface area contributed by atoms with Crippen molar-refractivity contribution in [3.05, 3.63) is 70.3 Å². The first-order chi connectivity index (χ1) is 18.6. The first kappa shape index (κ1) is 25.7. The molecule has 0 saturated carbocycles. The lowest BCUT2D eigenvalue weighted by Crippen LogP contribution is -2.43. The first-order valence-corrected chi connectivity index (χ1v) is 16.2. The standard InChI is InChI=1S/C27H32N6O5Si/c1-16-24(39(2,3)37)23(10-12-32-15-17(11-13-34)29-31-32)38-27(16)20-14-18(8-9-22(20)28-26(27)36)33-25(35)19-6-4-5-7-21(19)30-33/h4-9,14-16,23-24,30,34,37H,10-13H2,1-3H3,(H,28,36)/t16-,23+,24-,27+/m0/s1. The summed E-state index contributed by atoms with van der Waals surface area (Å²) in [4.78, 5) is 38.2. The second-order valence-electron chi connectivity index (χ2n) is 11.1. The van der Waals surface area contributed by atoms with Crippen molar-refractivity contribution in [2.24, 2.45) is 5.92 Å². The third-order valence-electron chi connectivity index (χ3n) is 8.17. The lowest BCUT2D eigenvalue weighted by atomic mass is 9.82. The highest BCUT2D eigenvalue weighted by Crippen LogP contribution is 2.58. The zero-order chi connectivity index (χ0) is 27.5. The first-order valence-electron chi connectivity index (χ1n) is 13.2. The Labute approximate surface area is 225 Å². The number of H-pyrrole nitrogens is 1. The molecular formula is C27H32N6O5Si. The Morgan fingerprint density at radius 1 is 1.18 bits per heavy atom. The molecule has 1 spiro atoms. The quantitative estimate of drug-likeness (QED) is 0.259. The molecule has 4 heterocycles. The van der Waals surface area contributed by atoms with Crippen LogP contribution < -0.4 is 10.9 Å². The van der Waals surface area contributed by atoms with Gasteiger partial charge in [0.15, 0.2) is 13.9 Å². The van der Waals surface area contributed by atoms with Crippen molar-refractivity contribution in [2.75, 3.05) is 11.9 Å². The highest BCUT2D eigenvalue weighted by molar-refractivity contribution is 6.71. The Morgan fingerprint density at radius 2 is 1.97 bits per heavy atom. The SMILES string of the molecule is C[C@H]1[C@H]([Si](C)(C)O)[C@@H](CCn2cc(CCO)nn2)O[C@]12C(=O)Nc1ccc(-n3[nH]c4ccccc4c3=O)cc12. The molecule has 4 aromatic rings. The molecule has 2 aromatic carbocycles. The van der Waals surface area contributed by atoms with Gasteiger partial charge >= 0.3 is 0 Å². The summed E-state index contributed by atoms with van der Waals surface area (Å²) < 4.78 is 9.91. The number of carbonyl (C=O) groups is 1. The lowest BCUT2D eigenvalue weighted by Gasteiger charge is -2.32. The minimum absolute atomic E-state index is 0.00200. The Hall–Kier alpha value is -3.58. The summed E-state index contributed by atoms with van der Waals surface area (Å²) in [6, 6.07) is 12.7. The van der Waals surface area contributed by atoms with Crippen molar-refractivity contribution < 1.29 is 19.4 Å². The molecule has 1 saturated heterocycles. The van der Waals surface area contributed by atoms with Gasteiger partial charge in [-0.2, -0.15) is 0 Å². The van der Waals surface area contributed by atoms with E-state index in [0.717, 1.165) is 5.52 Å². The summed E-state index contributed by atoms with van der Waals surface area (Å²) in [5.41, 5.74) is 1.63. The maximum atomic E-state index is 13.7. The number of anilines is 1. The molecule has 0 bridgehead atoms. The van der Waals surface area contributed by atoms with E-state index in [9.17, 15) is 19.5 Å². The smallest absolute Gasteiger partial charge is 0.279 e. The van der Waals surface area contributed by atoms with E-state index >= 15 is 0 Å². The van der Waals surface area contributed by atoms with Crippen LogP contribution in [-0.4, -0.2) is 61.6 Å². The van der Waals surface area contributed by atoms with Crippen LogP contribution in [0.15, 0.2) is 53.5 Å². The second-order valence-corrected chi connectivity index (χ2v) is 15.1. The summed E-state index contributed by atoms with van der Waals surface area (Å²) in [6.07, 6.45) is 2.36. The average Bonchev–Trinajstić information content (AvgIpc) is 3.63. The molecule has 0 aliphatic carbocycles. The number of aromatic amines is 1. The highest BCUT2D eigenvalue weighted by atomic mass is 28.4. The van der Waals surface area contributed by atoms with Crippen LogP contribution in [0.3, 0.4) is 0 Å². The van der Waals surface area contributed by atoms with Gasteiger partial charge in [0.1, 0.15) is 0 Å². The number of aryl methyl sites for hydroxylation is 1. The number of para-hydroxylation sites is 1. The van der Waals surface area contributed by atoms with E-state index < -0.39 is 20.0 Å². The van der Waals surface area contributed by atoms with E-state index in [1.165, 1.54) is 4.68 Å². The molecular weight excluding hydrogens is 516 g/mol. The van der Waals surface area contributed by atoms with Crippen LogP contribution in [0, 0.1) is 5.92 Å². The van der Waals surface area contributed by atoms with Gasteiger partial charge in [-0.05, 0) is 49.8 Å². The van der Waals surface area contributed by atoms with Crippen LogP contribution in [0.5, 0.6) is 0 Å². The average molecular weight is 549 g/mol. The second kappa shape index (κ2) is 9.26. The Kier molecular flexibility index (Phi) is 6.10. The van der Waals surface area contributed by atoms with Crippen molar-refractivity contribution in [1.29, 1.82) is 0 Å². The summed E-state index contributed by atoms with van der Waals surface area (Å²) in [5, 5.41) is 24.1. The largest absolute Gasteiger partial charge is 0.432 e. The summed E-state index contributed by atoms with van der Waals surface area (Å²) in [5.74, 6) is -0.575. The van der Waals surface area contributed by atoms with E-state index in [-0.39, 0.29) is 29.5 Å². The summed E-state index contributed by atoms with van der Waals surface area (Å²) in [6.45, 7) is 6.23. The van der Waals surface area contributed by atoms with E-state index in [1.807, 2.05) is 44.3 Å². The summed E-state index contributed by atoms with van der Waals surface area (Å²) >= 11 is 0. The van der Waals surface area contributed by atoms with Crippen LogP contribution >= 0.6 is 0 Å². The molecule has 2 aliphatic heterocycles. The molecule has 2 aromatic heterocycles. The van der Waals surface area contributed by atoms with E-state index in [0.29, 0.717) is 47.4 Å². The molecule has 0 unspecified atom stereocenters. The van der Waals surface area contributed by atoms with Crippen LogP contribution in [0.4, 0.5) is 5.69 Å². The normalized spacial score (nSPS) is 24.5. The topological polar surface area (TPSA) is 147 Å². The highest BCUT2D eigenvalue weighted by Gasteiger charge is 2.64. The fraction of sp³-hybridized carbons (Fsp3) is 0.407. The van der Waals surface area contributed by atoms with Gasteiger partial charge in [-0.3, -0.25) is 19.4 Å². The van der Waals surface area contributed by atoms with Gasteiger partial charge in [-0.1, -0.05) is 24.3 Å². The number of hydrogen-bond donors (Lipinski definition) is 4. The fourth-order valence-electron chi connectivity index (χ4n) is 6.47. The van der Waals surface area contributed by atoms with Crippen LogP contribution in [-0.2, 0) is 28.1 Å². The van der Waals surface area contributed by atoms with Crippen LogP contribution in [0.25, 0.3) is 16.6 Å². The molecule has 4 N–H and O–H groups in total. The van der Waals surface area contributed by atoms with Crippen LogP contribution in [0.1, 0.15) is 24.6 Å². The number of amides is 1. The number of nitrogens with zero attached hydrogens (tertiary/aromatic N) is 4. The molecule has 1 fully saturated rings. The monoisotopic (exact) mass is 548 g/mol. The molecule has 1 amide bonds. The van der Waals surface area contributed by atoms with Gasteiger partial charge in [0, 0.05) is 48.5 Å². The van der Waals surface area contributed by atoms with Gasteiger partial charge in [0.05, 0.1) is 28.4 Å². The van der Waals surface area contributed by atoms with Crippen LogP contribution in [0.2, 0.25) is 18.6 Å². The third-order valence-corrected chi connectivity index (χ3v) is 10.7. The van der Waals surface area contributed by atoms with Crippen molar-refractivity contribution in [2.45, 2.75) is 56.7 Å². The van der Waals surface area contributed by atoms with E-state index in [4.69, 9.17) is 4.74 Å².